The SMILES string of the molecule is CC(C)C(N)C(=O)NCCS(N)(=O)=O. The molecule has 0 radical (unpaired) electrons. The second-order valence-electron chi connectivity index (χ2n) is 3.43. The molecule has 7 heteroatoms. The van der Waals surface area contributed by atoms with Crippen LogP contribution < -0.4 is 16.2 Å². The summed E-state index contributed by atoms with van der Waals surface area (Å²) in [6, 6.07) is -0.615. The number of hydrogen-bond acceptors (Lipinski definition) is 4. The van der Waals surface area contributed by atoms with Crippen molar-refractivity contribution in [1.82, 2.24) is 5.32 Å². The molecule has 0 heterocycles. The monoisotopic (exact) mass is 223 g/mol. The van der Waals surface area contributed by atoms with Crippen LogP contribution in [-0.4, -0.2) is 32.7 Å². The number of sulfonamides is 1. The Hall–Kier alpha value is -0.660. The molecule has 14 heavy (non-hydrogen) atoms. The van der Waals surface area contributed by atoms with Crippen molar-refractivity contribution in [3.8, 4) is 0 Å². The molecule has 1 unspecified atom stereocenters. The maximum Gasteiger partial charge on any atom is 0.237 e. The van der Waals surface area contributed by atoms with Crippen molar-refractivity contribution >= 4 is 15.9 Å². The van der Waals surface area contributed by atoms with E-state index in [1.165, 1.54) is 0 Å². The zero-order valence-corrected chi connectivity index (χ0v) is 9.17. The molecule has 0 rings (SSSR count). The fraction of sp³-hybridized carbons (Fsp3) is 0.857. The normalized spacial score (nSPS) is 14.1. The summed E-state index contributed by atoms with van der Waals surface area (Å²) in [5.74, 6) is -0.614. The number of primary sulfonamides is 1. The molecule has 0 aliphatic heterocycles. The Kier molecular flexibility index (Phi) is 5.03. The molecule has 0 aromatic carbocycles. The van der Waals surface area contributed by atoms with Gasteiger partial charge in [0, 0.05) is 6.54 Å². The van der Waals surface area contributed by atoms with Gasteiger partial charge < -0.3 is 11.1 Å². The van der Waals surface area contributed by atoms with Crippen molar-refractivity contribution in [1.29, 1.82) is 0 Å². The predicted molar refractivity (Wildman–Crippen MR) is 53.8 cm³/mol. The smallest absolute Gasteiger partial charge is 0.237 e. The highest BCUT2D eigenvalue weighted by Crippen LogP contribution is 1.97. The van der Waals surface area contributed by atoms with E-state index in [0.29, 0.717) is 0 Å². The van der Waals surface area contributed by atoms with Crippen molar-refractivity contribution < 1.29 is 13.2 Å². The largest absolute Gasteiger partial charge is 0.354 e. The Morgan fingerprint density at radius 1 is 1.43 bits per heavy atom. The molecule has 5 N–H and O–H groups in total. The number of nitrogens with two attached hydrogens (primary N) is 2. The number of carbonyl (C=O) groups excluding carboxylic acids is 1. The van der Waals surface area contributed by atoms with E-state index in [9.17, 15) is 13.2 Å². The average molecular weight is 223 g/mol. The number of carbonyl (C=O) groups is 1. The van der Waals surface area contributed by atoms with E-state index in [1.807, 2.05) is 13.8 Å². The van der Waals surface area contributed by atoms with Crippen LogP contribution in [0, 0.1) is 5.92 Å². The minimum atomic E-state index is -3.52. The van der Waals surface area contributed by atoms with Gasteiger partial charge in [0.2, 0.25) is 15.9 Å². The number of nitrogens with one attached hydrogen (secondary N) is 1. The topological polar surface area (TPSA) is 115 Å². The molecule has 0 aliphatic carbocycles. The van der Waals surface area contributed by atoms with E-state index in [1.54, 1.807) is 0 Å². The van der Waals surface area contributed by atoms with Crippen LogP contribution in [0.2, 0.25) is 0 Å². The van der Waals surface area contributed by atoms with Gasteiger partial charge in [-0.15, -0.1) is 0 Å². The van der Waals surface area contributed by atoms with Gasteiger partial charge in [-0.3, -0.25) is 4.79 Å². The highest BCUT2D eigenvalue weighted by Gasteiger charge is 2.16. The van der Waals surface area contributed by atoms with Crippen LogP contribution in [0.1, 0.15) is 13.8 Å². The molecular weight excluding hydrogens is 206 g/mol. The third-order valence-electron chi connectivity index (χ3n) is 1.71. The summed E-state index contributed by atoms with van der Waals surface area (Å²) in [5.41, 5.74) is 5.52. The molecule has 6 nitrogen and oxygen atoms in total. The second-order valence-corrected chi connectivity index (χ2v) is 5.16. The summed E-state index contributed by atoms with van der Waals surface area (Å²) < 4.78 is 21.0. The summed E-state index contributed by atoms with van der Waals surface area (Å²) in [5, 5.41) is 7.14. The van der Waals surface area contributed by atoms with Gasteiger partial charge in [0.15, 0.2) is 0 Å². The minimum absolute atomic E-state index is 0.00190. The van der Waals surface area contributed by atoms with Crippen LogP contribution in [-0.2, 0) is 14.8 Å². The van der Waals surface area contributed by atoms with Crippen molar-refractivity contribution in [2.24, 2.45) is 16.8 Å². The van der Waals surface area contributed by atoms with Crippen LogP contribution in [0.3, 0.4) is 0 Å². The molecule has 1 amide bonds. The van der Waals surface area contributed by atoms with Gasteiger partial charge in [0.25, 0.3) is 0 Å². The summed E-state index contributed by atoms with van der Waals surface area (Å²) in [4.78, 5) is 11.2. The standard InChI is InChI=1S/C7H17N3O3S/c1-5(2)6(8)7(11)10-3-4-14(9,12)13/h5-6H,3-4,8H2,1-2H3,(H,10,11)(H2,9,12,13). The Balaban J connectivity index is 3.87. The number of amides is 1. The molecular formula is C7H17N3O3S. The van der Waals surface area contributed by atoms with E-state index in [-0.39, 0.29) is 24.1 Å². The first-order chi connectivity index (χ1) is 6.24. The molecule has 0 saturated carbocycles. The lowest BCUT2D eigenvalue weighted by atomic mass is 10.1. The first kappa shape index (κ1) is 13.3. The Bertz CT molecular complexity index is 287. The molecule has 0 aromatic rings. The molecule has 1 atom stereocenters. The van der Waals surface area contributed by atoms with Crippen molar-refractivity contribution in [2.45, 2.75) is 19.9 Å². The van der Waals surface area contributed by atoms with Crippen LogP contribution in [0.5, 0.6) is 0 Å². The molecule has 0 aliphatic rings. The quantitative estimate of drug-likeness (QED) is 0.519. The highest BCUT2D eigenvalue weighted by atomic mass is 32.2. The first-order valence-corrected chi connectivity index (χ1v) is 5.99. The van der Waals surface area contributed by atoms with Crippen molar-refractivity contribution in [3.63, 3.8) is 0 Å². The van der Waals surface area contributed by atoms with Crippen LogP contribution in [0.4, 0.5) is 0 Å². The highest BCUT2D eigenvalue weighted by molar-refractivity contribution is 7.89. The summed E-state index contributed by atoms with van der Waals surface area (Å²) in [6.45, 7) is 3.62. The van der Waals surface area contributed by atoms with Crippen molar-refractivity contribution in [2.75, 3.05) is 12.3 Å². The molecule has 0 fully saturated rings. The summed E-state index contributed by atoms with van der Waals surface area (Å²) >= 11 is 0. The zero-order chi connectivity index (χ0) is 11.4. The Morgan fingerprint density at radius 2 is 1.93 bits per heavy atom. The van der Waals surface area contributed by atoms with E-state index in [0.717, 1.165) is 0 Å². The van der Waals surface area contributed by atoms with Crippen LogP contribution in [0.25, 0.3) is 0 Å². The molecule has 0 saturated heterocycles. The Labute approximate surface area is 84.1 Å². The van der Waals surface area contributed by atoms with E-state index < -0.39 is 16.1 Å². The predicted octanol–water partition coefficient (Wildman–Crippen LogP) is -1.63. The number of rotatable bonds is 5. The lowest BCUT2D eigenvalue weighted by Gasteiger charge is -2.14. The summed E-state index contributed by atoms with van der Waals surface area (Å²) in [7, 11) is -3.52. The zero-order valence-electron chi connectivity index (χ0n) is 8.36. The van der Waals surface area contributed by atoms with Gasteiger partial charge in [-0.25, -0.2) is 13.6 Å². The molecule has 0 spiro atoms. The summed E-state index contributed by atoms with van der Waals surface area (Å²) in [6.07, 6.45) is 0. The fourth-order valence-electron chi connectivity index (χ4n) is 0.737. The molecule has 84 valence electrons. The maximum absolute atomic E-state index is 11.2. The second kappa shape index (κ2) is 5.28. The fourth-order valence-corrected chi connectivity index (χ4v) is 1.12. The Morgan fingerprint density at radius 3 is 2.29 bits per heavy atom. The maximum atomic E-state index is 11.2. The van der Waals surface area contributed by atoms with Gasteiger partial charge in [-0.2, -0.15) is 0 Å². The van der Waals surface area contributed by atoms with Crippen molar-refractivity contribution in [3.05, 3.63) is 0 Å². The van der Waals surface area contributed by atoms with Crippen LogP contribution >= 0.6 is 0 Å². The van der Waals surface area contributed by atoms with E-state index in [2.05, 4.69) is 5.32 Å². The van der Waals surface area contributed by atoms with E-state index >= 15 is 0 Å². The van der Waals surface area contributed by atoms with Gasteiger partial charge in [-0.05, 0) is 5.92 Å². The van der Waals surface area contributed by atoms with Gasteiger partial charge in [-0.1, -0.05) is 13.8 Å². The van der Waals surface area contributed by atoms with Gasteiger partial charge >= 0.3 is 0 Å². The molecule has 0 bridgehead atoms. The minimum Gasteiger partial charge on any atom is -0.354 e. The average Bonchev–Trinajstić information content (AvgIpc) is 2.00. The van der Waals surface area contributed by atoms with E-state index in [4.69, 9.17) is 10.9 Å². The van der Waals surface area contributed by atoms with Gasteiger partial charge in [0.05, 0.1) is 11.8 Å². The van der Waals surface area contributed by atoms with Gasteiger partial charge in [0.1, 0.15) is 0 Å². The third-order valence-corrected chi connectivity index (χ3v) is 2.48. The van der Waals surface area contributed by atoms with Crippen LogP contribution in [0.15, 0.2) is 0 Å². The third kappa shape index (κ3) is 5.90. The first-order valence-electron chi connectivity index (χ1n) is 4.28. The number of hydrogen-bond donors (Lipinski definition) is 3. The lowest BCUT2D eigenvalue weighted by molar-refractivity contribution is -0.123. The lowest BCUT2D eigenvalue weighted by Crippen LogP contribution is -2.45. The molecule has 0 aromatic heterocycles.